The summed E-state index contributed by atoms with van der Waals surface area (Å²) in [5.74, 6) is 1.50. The summed E-state index contributed by atoms with van der Waals surface area (Å²) in [5, 5.41) is 3.38. The van der Waals surface area contributed by atoms with Gasteiger partial charge >= 0.3 is 0 Å². The number of aromatic nitrogens is 1. The van der Waals surface area contributed by atoms with Crippen LogP contribution < -0.4 is 5.32 Å². The predicted molar refractivity (Wildman–Crippen MR) is 72.3 cm³/mol. The van der Waals surface area contributed by atoms with E-state index in [2.05, 4.69) is 30.2 Å². The van der Waals surface area contributed by atoms with Gasteiger partial charge in [0.05, 0.1) is 6.04 Å². The van der Waals surface area contributed by atoms with Gasteiger partial charge < -0.3 is 10.2 Å². The zero-order valence-electron chi connectivity index (χ0n) is 11.1. The third-order valence-corrected chi connectivity index (χ3v) is 3.31. The number of carbonyl (C=O) groups is 1. The summed E-state index contributed by atoms with van der Waals surface area (Å²) < 4.78 is 0. The molecule has 1 aromatic heterocycles. The van der Waals surface area contributed by atoms with Gasteiger partial charge in [0, 0.05) is 24.8 Å². The molecule has 2 rings (SSSR count). The van der Waals surface area contributed by atoms with Crippen LogP contribution in [0, 0.1) is 5.92 Å². The van der Waals surface area contributed by atoms with Crippen molar-refractivity contribution < 1.29 is 4.79 Å². The Balaban J connectivity index is 2.18. The Hall–Kier alpha value is -1.58. The molecule has 1 saturated heterocycles. The van der Waals surface area contributed by atoms with Crippen LogP contribution in [0.15, 0.2) is 18.3 Å². The van der Waals surface area contributed by atoms with Gasteiger partial charge in [-0.15, -0.1) is 0 Å². The van der Waals surface area contributed by atoms with Crippen LogP contribution in [-0.4, -0.2) is 29.4 Å². The number of nitrogens with one attached hydrogen (secondary N) is 1. The topological polar surface area (TPSA) is 45.2 Å². The third kappa shape index (κ3) is 2.81. The number of pyridine rings is 1. The molecular weight excluding hydrogens is 226 g/mol. The van der Waals surface area contributed by atoms with E-state index in [9.17, 15) is 4.79 Å². The molecule has 0 bridgehead atoms. The number of likely N-dealkylation sites (tertiary alicyclic amines) is 1. The van der Waals surface area contributed by atoms with Crippen molar-refractivity contribution in [2.75, 3.05) is 18.4 Å². The maximum atomic E-state index is 11.1. The highest BCUT2D eigenvalue weighted by Gasteiger charge is 2.26. The van der Waals surface area contributed by atoms with Gasteiger partial charge in [0.15, 0.2) is 0 Å². The van der Waals surface area contributed by atoms with Crippen molar-refractivity contribution >= 4 is 12.2 Å². The number of rotatable bonds is 5. The minimum Gasteiger partial charge on any atom is -0.370 e. The van der Waals surface area contributed by atoms with E-state index in [1.807, 2.05) is 11.0 Å². The molecule has 1 amide bonds. The van der Waals surface area contributed by atoms with Gasteiger partial charge in [0.25, 0.3) is 0 Å². The Kier molecular flexibility index (Phi) is 4.18. The van der Waals surface area contributed by atoms with Crippen LogP contribution in [0.2, 0.25) is 0 Å². The smallest absolute Gasteiger partial charge is 0.210 e. The van der Waals surface area contributed by atoms with Crippen LogP contribution in [-0.2, 0) is 4.79 Å². The van der Waals surface area contributed by atoms with Gasteiger partial charge in [-0.25, -0.2) is 4.98 Å². The Morgan fingerprint density at radius 1 is 1.61 bits per heavy atom. The third-order valence-electron chi connectivity index (χ3n) is 3.31. The highest BCUT2D eigenvalue weighted by molar-refractivity contribution is 5.53. The molecule has 2 heterocycles. The van der Waals surface area contributed by atoms with Crippen LogP contribution in [0.5, 0.6) is 0 Å². The van der Waals surface area contributed by atoms with Gasteiger partial charge in [0.2, 0.25) is 6.41 Å². The summed E-state index contributed by atoms with van der Waals surface area (Å²) in [6, 6.07) is 4.20. The Labute approximate surface area is 108 Å². The molecule has 1 aliphatic heterocycles. The molecule has 1 atom stereocenters. The van der Waals surface area contributed by atoms with Crippen LogP contribution >= 0.6 is 0 Å². The second-order valence-electron chi connectivity index (χ2n) is 5.22. The van der Waals surface area contributed by atoms with E-state index < -0.39 is 0 Å². The number of amides is 1. The lowest BCUT2D eigenvalue weighted by Gasteiger charge is -2.23. The highest BCUT2D eigenvalue weighted by atomic mass is 16.1. The quantitative estimate of drug-likeness (QED) is 0.813. The summed E-state index contributed by atoms with van der Waals surface area (Å²) in [7, 11) is 0. The molecular formula is C14H21N3O. The molecule has 0 spiro atoms. The van der Waals surface area contributed by atoms with Crippen LogP contribution in [0.1, 0.15) is 38.3 Å². The first kappa shape index (κ1) is 12.9. The van der Waals surface area contributed by atoms with Gasteiger partial charge in [-0.2, -0.15) is 0 Å². The molecule has 0 aliphatic carbocycles. The van der Waals surface area contributed by atoms with E-state index in [0.717, 1.165) is 43.7 Å². The minimum atomic E-state index is 0.186. The molecule has 0 radical (unpaired) electrons. The molecule has 0 saturated carbocycles. The SMILES string of the molecule is CC(C)CNc1ncccc1[C@@H]1CCCN1C=O. The second kappa shape index (κ2) is 5.85. The summed E-state index contributed by atoms with van der Waals surface area (Å²) in [6.45, 7) is 6.09. The molecule has 0 unspecified atom stereocenters. The number of nitrogens with zero attached hydrogens (tertiary/aromatic N) is 2. The highest BCUT2D eigenvalue weighted by Crippen LogP contribution is 2.33. The largest absolute Gasteiger partial charge is 0.370 e. The molecule has 18 heavy (non-hydrogen) atoms. The number of hydrogen-bond acceptors (Lipinski definition) is 3. The van der Waals surface area contributed by atoms with Crippen molar-refractivity contribution in [2.45, 2.75) is 32.7 Å². The Morgan fingerprint density at radius 3 is 3.17 bits per heavy atom. The first-order chi connectivity index (χ1) is 8.72. The maximum absolute atomic E-state index is 11.1. The van der Waals surface area contributed by atoms with Gasteiger partial charge in [-0.1, -0.05) is 19.9 Å². The lowest BCUT2D eigenvalue weighted by molar-refractivity contribution is -0.118. The van der Waals surface area contributed by atoms with Crippen LogP contribution in [0.4, 0.5) is 5.82 Å². The fourth-order valence-corrected chi connectivity index (χ4v) is 2.38. The van der Waals surface area contributed by atoms with E-state index in [4.69, 9.17) is 0 Å². The lowest BCUT2D eigenvalue weighted by Crippen LogP contribution is -2.23. The first-order valence-corrected chi connectivity index (χ1v) is 6.62. The predicted octanol–water partition coefficient (Wildman–Crippen LogP) is 2.44. The van der Waals surface area contributed by atoms with Crippen molar-refractivity contribution in [3.05, 3.63) is 23.9 Å². The molecule has 98 valence electrons. The standard InChI is InChI=1S/C14H21N3O/c1-11(2)9-16-14-12(5-3-7-15-14)13-6-4-8-17(13)10-18/h3,5,7,10-11,13H,4,6,8-9H2,1-2H3,(H,15,16)/t13-/m0/s1. The van der Waals surface area contributed by atoms with E-state index in [-0.39, 0.29) is 6.04 Å². The monoisotopic (exact) mass is 247 g/mol. The van der Waals surface area contributed by atoms with Crippen molar-refractivity contribution in [2.24, 2.45) is 5.92 Å². The Bertz CT molecular complexity index is 406. The summed E-state index contributed by atoms with van der Waals surface area (Å²) in [4.78, 5) is 17.3. The van der Waals surface area contributed by atoms with E-state index >= 15 is 0 Å². The molecule has 4 heteroatoms. The first-order valence-electron chi connectivity index (χ1n) is 6.62. The van der Waals surface area contributed by atoms with E-state index in [0.29, 0.717) is 5.92 Å². The molecule has 1 fully saturated rings. The van der Waals surface area contributed by atoms with Crippen molar-refractivity contribution in [1.82, 2.24) is 9.88 Å². The van der Waals surface area contributed by atoms with Crippen LogP contribution in [0.3, 0.4) is 0 Å². The van der Waals surface area contributed by atoms with E-state index in [1.165, 1.54) is 0 Å². The number of carbonyl (C=O) groups excluding carboxylic acids is 1. The zero-order valence-corrected chi connectivity index (χ0v) is 11.1. The molecule has 0 aromatic carbocycles. The average Bonchev–Trinajstić information content (AvgIpc) is 2.84. The fourth-order valence-electron chi connectivity index (χ4n) is 2.38. The molecule has 1 N–H and O–H groups in total. The Morgan fingerprint density at radius 2 is 2.44 bits per heavy atom. The second-order valence-corrected chi connectivity index (χ2v) is 5.22. The summed E-state index contributed by atoms with van der Waals surface area (Å²) in [5.41, 5.74) is 1.14. The maximum Gasteiger partial charge on any atom is 0.210 e. The zero-order chi connectivity index (χ0) is 13.0. The van der Waals surface area contributed by atoms with Crippen molar-refractivity contribution in [1.29, 1.82) is 0 Å². The molecule has 1 aliphatic rings. The number of hydrogen-bond donors (Lipinski definition) is 1. The average molecular weight is 247 g/mol. The summed E-state index contributed by atoms with van der Waals surface area (Å²) >= 11 is 0. The van der Waals surface area contributed by atoms with Crippen molar-refractivity contribution in [3.8, 4) is 0 Å². The minimum absolute atomic E-state index is 0.186. The van der Waals surface area contributed by atoms with Gasteiger partial charge in [-0.05, 0) is 24.8 Å². The lowest BCUT2D eigenvalue weighted by atomic mass is 10.1. The van der Waals surface area contributed by atoms with Crippen molar-refractivity contribution in [3.63, 3.8) is 0 Å². The normalized spacial score (nSPS) is 19.3. The molecule has 4 nitrogen and oxygen atoms in total. The van der Waals surface area contributed by atoms with Gasteiger partial charge in [-0.3, -0.25) is 4.79 Å². The van der Waals surface area contributed by atoms with Crippen LogP contribution in [0.25, 0.3) is 0 Å². The van der Waals surface area contributed by atoms with Gasteiger partial charge in [0.1, 0.15) is 5.82 Å². The molecule has 1 aromatic rings. The van der Waals surface area contributed by atoms with E-state index in [1.54, 1.807) is 6.20 Å². The fraction of sp³-hybridized carbons (Fsp3) is 0.571. The summed E-state index contributed by atoms with van der Waals surface area (Å²) in [6.07, 6.45) is 4.85. The number of anilines is 1.